The van der Waals surface area contributed by atoms with Gasteiger partial charge in [0.25, 0.3) is 0 Å². The maximum absolute atomic E-state index is 13.4. The number of hydrogen-bond donors (Lipinski definition) is 1. The van der Waals surface area contributed by atoms with E-state index in [1.807, 2.05) is 0 Å². The molecule has 0 bridgehead atoms. The average molecular weight is 333 g/mol. The number of methoxy groups -OCH3 is 2. The summed E-state index contributed by atoms with van der Waals surface area (Å²) in [6.07, 6.45) is 1.26. The molecule has 6 heteroatoms. The number of carbonyl (C=O) groups excluding carboxylic acids is 2. The summed E-state index contributed by atoms with van der Waals surface area (Å²) in [5.74, 6) is -1.58. The molecule has 1 N–H and O–H groups in total. The van der Waals surface area contributed by atoms with Crippen molar-refractivity contribution in [1.29, 1.82) is 0 Å². The molecule has 128 valence electrons. The fourth-order valence-corrected chi connectivity index (χ4v) is 4.04. The maximum atomic E-state index is 13.4. The molecular formula is C18H20FNO4. The summed E-state index contributed by atoms with van der Waals surface area (Å²) in [6, 6.07) is 4.66. The Hall–Kier alpha value is -2.37. The first-order chi connectivity index (χ1) is 11.4. The van der Waals surface area contributed by atoms with Gasteiger partial charge in [-0.25, -0.2) is 4.39 Å². The molecule has 2 aliphatic rings. The lowest BCUT2D eigenvalue weighted by atomic mass is 9.59. The minimum absolute atomic E-state index is 0.254. The SMILES string of the molecule is C=C1CC2(CCC1(C(=O)OC)C(=O)OC)CNc1cc(F)ccc12. The van der Waals surface area contributed by atoms with Crippen molar-refractivity contribution in [2.45, 2.75) is 24.7 Å². The molecule has 1 aliphatic heterocycles. The molecule has 0 saturated heterocycles. The molecule has 1 heterocycles. The minimum atomic E-state index is -1.46. The molecule has 24 heavy (non-hydrogen) atoms. The molecule has 1 spiro atoms. The van der Waals surface area contributed by atoms with Crippen LogP contribution in [0.1, 0.15) is 24.8 Å². The lowest BCUT2D eigenvalue weighted by molar-refractivity contribution is -0.167. The van der Waals surface area contributed by atoms with Crippen molar-refractivity contribution in [3.8, 4) is 0 Å². The van der Waals surface area contributed by atoms with Crippen LogP contribution in [0.5, 0.6) is 0 Å². The third-order valence-corrected chi connectivity index (χ3v) is 5.37. The average Bonchev–Trinajstić information content (AvgIpc) is 2.91. The zero-order valence-corrected chi connectivity index (χ0v) is 13.8. The van der Waals surface area contributed by atoms with E-state index in [0.29, 0.717) is 25.0 Å². The molecular weight excluding hydrogens is 313 g/mol. The Labute approximate surface area is 139 Å². The molecule has 1 aliphatic carbocycles. The summed E-state index contributed by atoms with van der Waals surface area (Å²) in [5, 5.41) is 3.22. The molecule has 1 aromatic carbocycles. The van der Waals surface area contributed by atoms with Gasteiger partial charge in [-0.15, -0.1) is 0 Å². The molecule has 0 radical (unpaired) electrons. The van der Waals surface area contributed by atoms with Crippen LogP contribution in [0, 0.1) is 11.2 Å². The number of anilines is 1. The van der Waals surface area contributed by atoms with Crippen LogP contribution >= 0.6 is 0 Å². The van der Waals surface area contributed by atoms with Crippen LogP contribution in [0.4, 0.5) is 10.1 Å². The second-order valence-corrected chi connectivity index (χ2v) is 6.49. The second kappa shape index (κ2) is 5.61. The molecule has 5 nitrogen and oxygen atoms in total. The number of hydrogen-bond acceptors (Lipinski definition) is 5. The minimum Gasteiger partial charge on any atom is -0.468 e. The van der Waals surface area contributed by atoms with E-state index in [-0.39, 0.29) is 17.7 Å². The van der Waals surface area contributed by atoms with E-state index in [1.54, 1.807) is 6.07 Å². The van der Waals surface area contributed by atoms with Crippen molar-refractivity contribution in [2.75, 3.05) is 26.1 Å². The second-order valence-electron chi connectivity index (χ2n) is 6.49. The van der Waals surface area contributed by atoms with Crippen LogP contribution < -0.4 is 5.32 Å². The highest BCUT2D eigenvalue weighted by Gasteiger charge is 2.57. The lowest BCUT2D eigenvalue weighted by Crippen LogP contribution is -2.49. The van der Waals surface area contributed by atoms with E-state index in [0.717, 1.165) is 11.3 Å². The first kappa shape index (κ1) is 16.5. The zero-order valence-electron chi connectivity index (χ0n) is 13.8. The van der Waals surface area contributed by atoms with Crippen molar-refractivity contribution in [3.63, 3.8) is 0 Å². The predicted octanol–water partition coefficient (Wildman–Crippen LogP) is 2.56. The third kappa shape index (κ3) is 2.12. The molecule has 1 atom stereocenters. The first-order valence-electron chi connectivity index (χ1n) is 7.78. The Morgan fingerprint density at radius 2 is 1.88 bits per heavy atom. The number of ether oxygens (including phenoxy) is 2. The van der Waals surface area contributed by atoms with E-state index < -0.39 is 17.4 Å². The Kier molecular flexibility index (Phi) is 3.86. The molecule has 0 aromatic heterocycles. The van der Waals surface area contributed by atoms with E-state index in [4.69, 9.17) is 9.47 Å². The Morgan fingerprint density at radius 1 is 1.21 bits per heavy atom. The van der Waals surface area contributed by atoms with Crippen molar-refractivity contribution in [1.82, 2.24) is 0 Å². The fourth-order valence-electron chi connectivity index (χ4n) is 4.04. The number of nitrogens with one attached hydrogen (secondary N) is 1. The Balaban J connectivity index is 1.98. The van der Waals surface area contributed by atoms with Gasteiger partial charge in [0.05, 0.1) is 14.2 Å². The van der Waals surface area contributed by atoms with E-state index >= 15 is 0 Å². The van der Waals surface area contributed by atoms with Crippen molar-refractivity contribution >= 4 is 17.6 Å². The molecule has 1 aromatic rings. The van der Waals surface area contributed by atoms with Crippen LogP contribution in [0.15, 0.2) is 30.4 Å². The van der Waals surface area contributed by atoms with Gasteiger partial charge >= 0.3 is 11.9 Å². The highest BCUT2D eigenvalue weighted by molar-refractivity contribution is 6.03. The van der Waals surface area contributed by atoms with E-state index in [1.165, 1.54) is 26.4 Å². The van der Waals surface area contributed by atoms with Gasteiger partial charge in [0.1, 0.15) is 5.82 Å². The van der Waals surface area contributed by atoms with Gasteiger partial charge in [-0.05, 0) is 42.5 Å². The van der Waals surface area contributed by atoms with Gasteiger partial charge in [0.2, 0.25) is 0 Å². The zero-order chi connectivity index (χ0) is 17.5. The number of esters is 2. The summed E-state index contributed by atoms with van der Waals surface area (Å²) in [6.45, 7) is 4.63. The topological polar surface area (TPSA) is 64.6 Å². The van der Waals surface area contributed by atoms with Gasteiger partial charge in [-0.2, -0.15) is 0 Å². The molecule has 1 unspecified atom stereocenters. The summed E-state index contributed by atoms with van der Waals surface area (Å²) in [4.78, 5) is 24.7. The largest absolute Gasteiger partial charge is 0.468 e. The fraction of sp³-hybridized carbons (Fsp3) is 0.444. The van der Waals surface area contributed by atoms with Crippen molar-refractivity contribution in [2.24, 2.45) is 5.41 Å². The quantitative estimate of drug-likeness (QED) is 0.512. The number of carbonyl (C=O) groups is 2. The predicted molar refractivity (Wildman–Crippen MR) is 86.0 cm³/mol. The summed E-state index contributed by atoms with van der Waals surface area (Å²) in [7, 11) is 2.50. The van der Waals surface area contributed by atoms with E-state index in [9.17, 15) is 14.0 Å². The van der Waals surface area contributed by atoms with Crippen LogP contribution in [0.25, 0.3) is 0 Å². The van der Waals surface area contributed by atoms with Gasteiger partial charge < -0.3 is 14.8 Å². The van der Waals surface area contributed by atoms with Gasteiger partial charge in [0.15, 0.2) is 5.41 Å². The highest BCUT2D eigenvalue weighted by atomic mass is 19.1. The number of halogens is 1. The van der Waals surface area contributed by atoms with Crippen LogP contribution in [-0.4, -0.2) is 32.7 Å². The first-order valence-corrected chi connectivity index (χ1v) is 7.78. The molecule has 1 saturated carbocycles. The van der Waals surface area contributed by atoms with Crippen molar-refractivity contribution < 1.29 is 23.5 Å². The monoisotopic (exact) mass is 333 g/mol. The number of rotatable bonds is 2. The Bertz CT molecular complexity index is 714. The highest BCUT2D eigenvalue weighted by Crippen LogP contribution is 2.54. The maximum Gasteiger partial charge on any atom is 0.327 e. The van der Waals surface area contributed by atoms with Crippen LogP contribution in [0.2, 0.25) is 0 Å². The van der Waals surface area contributed by atoms with Gasteiger partial charge in [-0.1, -0.05) is 12.6 Å². The van der Waals surface area contributed by atoms with Gasteiger partial charge in [-0.3, -0.25) is 9.59 Å². The summed E-state index contributed by atoms with van der Waals surface area (Å²) >= 11 is 0. The third-order valence-electron chi connectivity index (χ3n) is 5.37. The molecule has 0 amide bonds. The Morgan fingerprint density at radius 3 is 2.46 bits per heavy atom. The summed E-state index contributed by atoms with van der Waals surface area (Å²) < 4.78 is 23.2. The smallest absolute Gasteiger partial charge is 0.327 e. The van der Waals surface area contributed by atoms with Gasteiger partial charge in [0, 0.05) is 17.6 Å². The summed E-state index contributed by atoms with van der Waals surface area (Å²) in [5.41, 5.74) is 0.467. The normalized spacial score (nSPS) is 24.2. The number of fused-ring (bicyclic) bond motifs is 2. The van der Waals surface area contributed by atoms with Crippen LogP contribution in [0.3, 0.4) is 0 Å². The van der Waals surface area contributed by atoms with Crippen molar-refractivity contribution in [3.05, 3.63) is 41.7 Å². The lowest BCUT2D eigenvalue weighted by Gasteiger charge is -2.43. The standard InChI is InChI=1S/C18H20FNO4/c1-11-9-17(10-20-14-8-12(19)4-5-13(14)17)6-7-18(11,15(21)23-2)16(22)24-3/h4-5,8,20H,1,6-7,9-10H2,2-3H3. The number of benzene rings is 1. The molecule has 1 fully saturated rings. The van der Waals surface area contributed by atoms with Crippen LogP contribution in [-0.2, 0) is 24.5 Å². The molecule has 3 rings (SSSR count). The van der Waals surface area contributed by atoms with E-state index in [2.05, 4.69) is 11.9 Å².